The van der Waals surface area contributed by atoms with Gasteiger partial charge in [-0.2, -0.15) is 59.7 Å². The number of pyridine rings is 1. The fraction of sp³-hybridized carbons (Fsp3) is 0.203. The first-order valence-corrected chi connectivity index (χ1v) is 29.5. The second-order valence-corrected chi connectivity index (χ2v) is 25.9. The van der Waals surface area contributed by atoms with Crippen molar-refractivity contribution in [3.8, 4) is 78.0 Å². The molecule has 1 nitrogen and oxygen atoms in total. The zero-order valence-corrected chi connectivity index (χ0v) is 46.1. The van der Waals surface area contributed by atoms with Crippen molar-refractivity contribution in [3.05, 3.63) is 211 Å². The van der Waals surface area contributed by atoms with Crippen LogP contribution < -0.4 is 0 Å². The van der Waals surface area contributed by atoms with E-state index in [9.17, 15) is 0 Å². The number of nitrogens with zero attached hydrogens (tertiary/aromatic N) is 1. The van der Waals surface area contributed by atoms with Gasteiger partial charge in [0, 0.05) is 45.4 Å². The molecule has 0 saturated carbocycles. The normalized spacial score (nSPS) is 11.1. The molecule has 0 fully saturated rings. The Morgan fingerprint density at radius 3 is 1.26 bits per heavy atom. The summed E-state index contributed by atoms with van der Waals surface area (Å²) in [6.45, 7) is 24.7. The van der Waals surface area contributed by atoms with Gasteiger partial charge in [0.2, 0.25) is 0 Å². The van der Waals surface area contributed by atoms with Gasteiger partial charge in [0.25, 0.3) is 0 Å². The molecular formula is C64H66IrNP2+2. The summed E-state index contributed by atoms with van der Waals surface area (Å²) in [6.07, 6.45) is 1.01. The van der Waals surface area contributed by atoms with Crippen molar-refractivity contribution < 1.29 is 20.1 Å². The van der Waals surface area contributed by atoms with E-state index in [1.165, 1.54) is 44.3 Å². The van der Waals surface area contributed by atoms with Crippen LogP contribution in [0.25, 0.3) is 88.9 Å². The van der Waals surface area contributed by atoms with Crippen LogP contribution >= 0.6 is 15.8 Å². The van der Waals surface area contributed by atoms with Crippen molar-refractivity contribution in [2.75, 3.05) is 40.0 Å². The fourth-order valence-corrected chi connectivity index (χ4v) is 8.39. The summed E-state index contributed by atoms with van der Waals surface area (Å²) in [4.78, 5) is 5.11. The van der Waals surface area contributed by atoms with Gasteiger partial charge < -0.3 is 0 Å². The molecular weight excluding hydrogens is 1040 g/mol. The Hall–Kier alpha value is -5.32. The minimum atomic E-state index is 0. The van der Waals surface area contributed by atoms with E-state index in [4.69, 9.17) is 4.98 Å². The summed E-state index contributed by atoms with van der Waals surface area (Å²) in [7, 11) is 0.241. The molecule has 0 aliphatic rings. The first kappa shape index (κ1) is 52.1. The zero-order valence-electron chi connectivity index (χ0n) is 41.7. The van der Waals surface area contributed by atoms with Gasteiger partial charge in [-0.25, -0.2) is 0 Å². The van der Waals surface area contributed by atoms with Gasteiger partial charge in [-0.3, -0.25) is 4.98 Å². The molecule has 0 bridgehead atoms. The summed E-state index contributed by atoms with van der Waals surface area (Å²) in [5.41, 5.74) is 20.8. The van der Waals surface area contributed by atoms with Crippen molar-refractivity contribution in [1.82, 2.24) is 4.98 Å². The largest absolute Gasteiger partial charge is 3.00 e. The molecule has 1 aromatic heterocycles. The molecule has 0 amide bonds. The van der Waals surface area contributed by atoms with E-state index in [-0.39, 0.29) is 41.4 Å². The Bertz CT molecular complexity index is 2970. The number of hydrogen-bond acceptors (Lipinski definition) is 1. The Balaban J connectivity index is 0.000000786. The maximum Gasteiger partial charge on any atom is 3.00 e. The molecule has 8 aromatic carbocycles. The molecule has 4 heteroatoms. The number of hydrogen-bond donors (Lipinski definition) is 0. The van der Waals surface area contributed by atoms with E-state index in [2.05, 4.69) is 257 Å². The Morgan fingerprint density at radius 1 is 0.441 bits per heavy atom. The smallest absolute Gasteiger partial charge is 0.296 e. The van der Waals surface area contributed by atoms with Crippen molar-refractivity contribution in [2.24, 2.45) is 5.41 Å². The Labute approximate surface area is 424 Å². The fourth-order valence-electron chi connectivity index (χ4n) is 8.39. The van der Waals surface area contributed by atoms with E-state index in [1.54, 1.807) is 0 Å². The quantitative estimate of drug-likeness (QED) is 0.109. The van der Waals surface area contributed by atoms with Gasteiger partial charge in [-0.1, -0.05) is 154 Å². The van der Waals surface area contributed by atoms with Crippen LogP contribution in [0.3, 0.4) is 0 Å². The van der Waals surface area contributed by atoms with Crippen molar-refractivity contribution in [3.63, 3.8) is 0 Å². The number of aromatic nitrogens is 1. The molecule has 9 rings (SSSR count). The van der Waals surface area contributed by atoms with E-state index in [0.29, 0.717) is 0 Å². The average molecular weight is 1100 g/mol. The van der Waals surface area contributed by atoms with E-state index >= 15 is 0 Å². The van der Waals surface area contributed by atoms with E-state index in [0.717, 1.165) is 67.7 Å². The van der Waals surface area contributed by atoms with Crippen LogP contribution in [0, 0.1) is 37.5 Å². The molecule has 0 saturated heterocycles. The Kier molecular flexibility index (Phi) is 18.2. The first-order valence-electron chi connectivity index (χ1n) is 23.5. The minimum Gasteiger partial charge on any atom is -0.296 e. The van der Waals surface area contributed by atoms with Crippen LogP contribution in [0.4, 0.5) is 0 Å². The van der Waals surface area contributed by atoms with Gasteiger partial charge in [-0.05, 0) is 96.6 Å². The monoisotopic (exact) mass is 1100 g/mol. The Morgan fingerprint density at radius 2 is 0.868 bits per heavy atom. The van der Waals surface area contributed by atoms with Crippen LogP contribution in [-0.2, 0) is 26.5 Å². The topological polar surface area (TPSA) is 12.9 Å². The van der Waals surface area contributed by atoms with Crippen molar-refractivity contribution in [1.29, 1.82) is 0 Å². The second-order valence-electron chi connectivity index (χ2n) is 19.9. The third-order valence-electron chi connectivity index (χ3n) is 11.1. The van der Waals surface area contributed by atoms with Crippen LogP contribution in [0.15, 0.2) is 176 Å². The summed E-state index contributed by atoms with van der Waals surface area (Å²) < 4.78 is 0. The predicted molar refractivity (Wildman–Crippen MR) is 301 cm³/mol. The van der Waals surface area contributed by atoms with Crippen LogP contribution in [0.1, 0.15) is 37.5 Å². The molecule has 0 aliphatic carbocycles. The molecule has 68 heavy (non-hydrogen) atoms. The molecule has 0 radical (unpaired) electrons. The molecule has 0 spiro atoms. The number of benzene rings is 8. The van der Waals surface area contributed by atoms with Crippen molar-refractivity contribution >= 4 is 26.7 Å². The molecule has 344 valence electrons. The van der Waals surface area contributed by atoms with Gasteiger partial charge in [0.15, 0.2) is 0 Å². The SMILES string of the molecule is C[PH+](C)C.C[PH+](C)C.Cc1c[c-]cc(-c2ccccc2-c2cc(-c3ccccc3-c3c[c-]c(-c4ccc5c(CC(C)(C)C)cccc5n4)cc3)cc(-c3ccccc3-c3c[c-]cc(C)c3)c2)c1.[Ir+3]. The molecule has 0 atom stereocenters. The molecule has 1 heterocycles. The van der Waals surface area contributed by atoms with Gasteiger partial charge in [0.05, 0.1) is 5.52 Å². The standard InChI is InChI=1S/C58H46N.2C3H9P.Ir/c1-39-15-12-17-43(33-39)50-21-7-10-24-53(50)47-35-46(36-48(37-47)54-25-11-8-22-51(54)44-18-13-16-40(2)34-44)52-23-9-6-20-49(52)41-27-29-42(30-28-41)56-32-31-55-45(38-58(3,4)5)19-14-26-57(55)59-56;2*1-4(2)3;/h6-11,14-29,31-37H,38H2,1-5H3;2*1-3H3;/q-3;;;+3/p+2. The van der Waals surface area contributed by atoms with Crippen LogP contribution in [0.2, 0.25) is 0 Å². The number of fused-ring (bicyclic) bond motifs is 1. The van der Waals surface area contributed by atoms with Crippen LogP contribution in [0.5, 0.6) is 0 Å². The third kappa shape index (κ3) is 13.7. The molecule has 9 aromatic rings. The summed E-state index contributed by atoms with van der Waals surface area (Å²) in [6, 6.07) is 73.7. The maximum absolute atomic E-state index is 5.11. The maximum atomic E-state index is 5.11. The number of aryl methyl sites for hydroxylation is 2. The first-order chi connectivity index (χ1) is 32.1. The van der Waals surface area contributed by atoms with E-state index in [1.807, 2.05) is 12.1 Å². The summed E-state index contributed by atoms with van der Waals surface area (Å²) in [5, 5.41) is 1.22. The molecule has 0 N–H and O–H groups in total. The molecule has 0 aliphatic heterocycles. The van der Waals surface area contributed by atoms with Gasteiger partial charge in [0.1, 0.15) is 0 Å². The van der Waals surface area contributed by atoms with Crippen LogP contribution in [-0.4, -0.2) is 45.0 Å². The van der Waals surface area contributed by atoms with Gasteiger partial charge in [-0.15, -0.1) is 41.0 Å². The molecule has 0 unspecified atom stereocenters. The summed E-state index contributed by atoms with van der Waals surface area (Å²) in [5.74, 6) is 0. The minimum absolute atomic E-state index is 0. The summed E-state index contributed by atoms with van der Waals surface area (Å²) >= 11 is 0. The zero-order chi connectivity index (χ0) is 47.7. The predicted octanol–water partition coefficient (Wildman–Crippen LogP) is 17.7. The number of rotatable bonds is 8. The van der Waals surface area contributed by atoms with Crippen molar-refractivity contribution in [2.45, 2.75) is 41.0 Å². The second kappa shape index (κ2) is 23.8. The third-order valence-corrected chi connectivity index (χ3v) is 11.1. The average Bonchev–Trinajstić information content (AvgIpc) is 3.30. The van der Waals surface area contributed by atoms with E-state index < -0.39 is 0 Å². The van der Waals surface area contributed by atoms with Gasteiger partial charge >= 0.3 is 20.1 Å².